The van der Waals surface area contributed by atoms with E-state index in [0.29, 0.717) is 27.8 Å². The van der Waals surface area contributed by atoms with Crippen LogP contribution in [0.25, 0.3) is 0 Å². The number of carbonyl (C=O) groups excluding carboxylic acids is 2. The van der Waals surface area contributed by atoms with Crippen LogP contribution in [0.3, 0.4) is 0 Å². The molecule has 2 N–H and O–H groups in total. The van der Waals surface area contributed by atoms with Gasteiger partial charge in [-0.25, -0.2) is 0 Å². The first kappa shape index (κ1) is 17.0. The first-order chi connectivity index (χ1) is 11.0. The maximum absolute atomic E-state index is 12.2. The molecular formula is C16H13Cl2N3O2. The van der Waals surface area contributed by atoms with Crippen molar-refractivity contribution in [3.8, 4) is 0 Å². The Bertz CT molecular complexity index is 763. The summed E-state index contributed by atoms with van der Waals surface area (Å²) >= 11 is 11.8. The van der Waals surface area contributed by atoms with Crippen molar-refractivity contribution in [1.82, 2.24) is 10.3 Å². The third-order valence-electron chi connectivity index (χ3n) is 2.84. The van der Waals surface area contributed by atoms with Crippen LogP contribution in [0.4, 0.5) is 5.69 Å². The molecule has 0 fully saturated rings. The van der Waals surface area contributed by atoms with Gasteiger partial charge in [0.1, 0.15) is 5.69 Å². The fraction of sp³-hybridized carbons (Fsp3) is 0.0625. The molecule has 7 heteroatoms. The second kappa shape index (κ2) is 7.76. The minimum Gasteiger partial charge on any atom is -0.349 e. The van der Waals surface area contributed by atoms with Gasteiger partial charge in [0, 0.05) is 23.3 Å². The van der Waals surface area contributed by atoms with Crippen molar-refractivity contribution in [2.45, 2.75) is 0 Å². The highest BCUT2D eigenvalue weighted by molar-refractivity contribution is 6.36. The molecule has 1 aromatic carbocycles. The predicted molar refractivity (Wildman–Crippen MR) is 91.2 cm³/mol. The number of hydrogen-bond donors (Lipinski definition) is 2. The highest BCUT2D eigenvalue weighted by Gasteiger charge is 2.13. The molecule has 0 spiro atoms. The number of pyridine rings is 1. The summed E-state index contributed by atoms with van der Waals surface area (Å²) in [6.45, 7) is 3.86. The van der Waals surface area contributed by atoms with Gasteiger partial charge in [-0.05, 0) is 30.3 Å². The lowest BCUT2D eigenvalue weighted by Crippen LogP contribution is -2.24. The van der Waals surface area contributed by atoms with Gasteiger partial charge < -0.3 is 10.6 Å². The maximum Gasteiger partial charge on any atom is 0.274 e. The van der Waals surface area contributed by atoms with Gasteiger partial charge in [-0.15, -0.1) is 6.58 Å². The smallest absolute Gasteiger partial charge is 0.274 e. The van der Waals surface area contributed by atoms with Crippen LogP contribution in [0.2, 0.25) is 10.0 Å². The fourth-order valence-electron chi connectivity index (χ4n) is 1.74. The molecule has 2 amide bonds. The van der Waals surface area contributed by atoms with E-state index in [2.05, 4.69) is 22.2 Å². The average Bonchev–Trinajstić information content (AvgIpc) is 2.55. The molecule has 0 aliphatic heterocycles. The summed E-state index contributed by atoms with van der Waals surface area (Å²) in [4.78, 5) is 28.1. The van der Waals surface area contributed by atoms with Gasteiger partial charge in [-0.2, -0.15) is 0 Å². The number of amides is 2. The van der Waals surface area contributed by atoms with E-state index in [9.17, 15) is 9.59 Å². The van der Waals surface area contributed by atoms with Crippen molar-refractivity contribution in [1.29, 1.82) is 0 Å². The topological polar surface area (TPSA) is 71.1 Å². The molecule has 0 radical (unpaired) electrons. The average molecular weight is 350 g/mol. The third-order valence-corrected chi connectivity index (χ3v) is 3.39. The first-order valence-corrected chi connectivity index (χ1v) is 7.38. The van der Waals surface area contributed by atoms with E-state index < -0.39 is 5.91 Å². The number of carbonyl (C=O) groups is 2. The molecule has 2 rings (SSSR count). The Morgan fingerprint density at radius 1 is 1.17 bits per heavy atom. The minimum atomic E-state index is -0.479. The maximum atomic E-state index is 12.2. The number of hydrogen-bond acceptors (Lipinski definition) is 3. The Balaban J connectivity index is 2.16. The molecule has 0 atom stereocenters. The van der Waals surface area contributed by atoms with Crippen molar-refractivity contribution >= 4 is 40.7 Å². The molecule has 5 nitrogen and oxygen atoms in total. The summed E-state index contributed by atoms with van der Waals surface area (Å²) in [6.07, 6.45) is 2.95. The predicted octanol–water partition coefficient (Wildman–Crippen LogP) is 3.56. The molecule has 118 valence electrons. The Labute approximate surface area is 143 Å². The zero-order chi connectivity index (χ0) is 16.8. The van der Waals surface area contributed by atoms with Gasteiger partial charge in [0.05, 0.1) is 10.7 Å². The van der Waals surface area contributed by atoms with Crippen LogP contribution >= 0.6 is 23.2 Å². The van der Waals surface area contributed by atoms with E-state index in [-0.39, 0.29) is 11.6 Å². The molecule has 0 aliphatic carbocycles. The molecule has 1 aromatic heterocycles. The number of nitrogens with one attached hydrogen (secondary N) is 2. The summed E-state index contributed by atoms with van der Waals surface area (Å²) in [7, 11) is 0. The summed E-state index contributed by atoms with van der Waals surface area (Å²) in [5.41, 5.74) is 0.834. The number of benzene rings is 1. The first-order valence-electron chi connectivity index (χ1n) is 6.63. The van der Waals surface area contributed by atoms with E-state index >= 15 is 0 Å². The summed E-state index contributed by atoms with van der Waals surface area (Å²) < 4.78 is 0. The standard InChI is InChI=1S/C16H13Cl2N3O2/c1-2-6-20-15(22)10-5-7-19-14(8-10)16(23)21-13-4-3-11(17)9-12(13)18/h2-5,7-9H,1,6H2,(H,20,22)(H,21,23). The molecule has 0 saturated heterocycles. The van der Waals surface area contributed by atoms with Crippen LogP contribution in [-0.2, 0) is 0 Å². The van der Waals surface area contributed by atoms with Gasteiger partial charge in [-0.1, -0.05) is 29.3 Å². The van der Waals surface area contributed by atoms with E-state index in [1.54, 1.807) is 18.2 Å². The van der Waals surface area contributed by atoms with Crippen molar-refractivity contribution in [2.75, 3.05) is 11.9 Å². The molecule has 2 aromatic rings. The third kappa shape index (κ3) is 4.55. The highest BCUT2D eigenvalue weighted by atomic mass is 35.5. The monoisotopic (exact) mass is 349 g/mol. The van der Waals surface area contributed by atoms with Crippen LogP contribution in [0, 0.1) is 0 Å². The number of rotatable bonds is 5. The zero-order valence-electron chi connectivity index (χ0n) is 12.0. The molecular weight excluding hydrogens is 337 g/mol. The molecule has 1 heterocycles. The van der Waals surface area contributed by atoms with Crippen molar-refractivity contribution in [3.63, 3.8) is 0 Å². The largest absolute Gasteiger partial charge is 0.349 e. The lowest BCUT2D eigenvalue weighted by atomic mass is 10.2. The molecule has 23 heavy (non-hydrogen) atoms. The van der Waals surface area contributed by atoms with Crippen molar-refractivity contribution in [3.05, 3.63) is 70.5 Å². The second-order valence-corrected chi connectivity index (χ2v) is 5.35. The van der Waals surface area contributed by atoms with E-state index in [0.717, 1.165) is 0 Å². The van der Waals surface area contributed by atoms with Crippen LogP contribution in [0.15, 0.2) is 49.2 Å². The normalized spacial score (nSPS) is 10.0. The minimum absolute atomic E-state index is 0.0993. The summed E-state index contributed by atoms with van der Waals surface area (Å²) in [5, 5.41) is 6.03. The SMILES string of the molecule is C=CCNC(=O)c1ccnc(C(=O)Nc2ccc(Cl)cc2Cl)c1. The van der Waals surface area contributed by atoms with Crippen molar-refractivity contribution in [2.24, 2.45) is 0 Å². The second-order valence-electron chi connectivity index (χ2n) is 4.51. The van der Waals surface area contributed by atoms with Gasteiger partial charge in [-0.3, -0.25) is 14.6 Å². The Kier molecular flexibility index (Phi) is 5.73. The van der Waals surface area contributed by atoms with Crippen molar-refractivity contribution < 1.29 is 9.59 Å². The number of nitrogens with zero attached hydrogens (tertiary/aromatic N) is 1. The number of halogens is 2. The Morgan fingerprint density at radius 3 is 2.65 bits per heavy atom. The van der Waals surface area contributed by atoms with E-state index in [1.807, 2.05) is 0 Å². The van der Waals surface area contributed by atoms with Gasteiger partial charge in [0.15, 0.2) is 0 Å². The zero-order valence-corrected chi connectivity index (χ0v) is 13.5. The molecule has 0 aliphatic rings. The van der Waals surface area contributed by atoms with Gasteiger partial charge in [0.25, 0.3) is 11.8 Å². The highest BCUT2D eigenvalue weighted by Crippen LogP contribution is 2.25. The summed E-state index contributed by atoms with van der Waals surface area (Å²) in [5.74, 6) is -0.793. The van der Waals surface area contributed by atoms with E-state index in [1.165, 1.54) is 24.4 Å². The molecule has 0 bridgehead atoms. The van der Waals surface area contributed by atoms with E-state index in [4.69, 9.17) is 23.2 Å². The lowest BCUT2D eigenvalue weighted by Gasteiger charge is -2.08. The fourth-order valence-corrected chi connectivity index (χ4v) is 2.20. The Morgan fingerprint density at radius 2 is 1.96 bits per heavy atom. The summed E-state index contributed by atoms with van der Waals surface area (Å²) in [6, 6.07) is 7.63. The van der Waals surface area contributed by atoms with Crippen LogP contribution in [-0.4, -0.2) is 23.3 Å². The van der Waals surface area contributed by atoms with Crippen LogP contribution in [0.1, 0.15) is 20.8 Å². The Hall–Kier alpha value is -2.37. The quantitative estimate of drug-likeness (QED) is 0.810. The lowest BCUT2D eigenvalue weighted by molar-refractivity contribution is 0.0958. The molecule has 0 unspecified atom stereocenters. The van der Waals surface area contributed by atoms with Crippen LogP contribution < -0.4 is 10.6 Å². The van der Waals surface area contributed by atoms with Gasteiger partial charge >= 0.3 is 0 Å². The van der Waals surface area contributed by atoms with Crippen LogP contribution in [0.5, 0.6) is 0 Å². The van der Waals surface area contributed by atoms with Gasteiger partial charge in [0.2, 0.25) is 0 Å². The molecule has 0 saturated carbocycles. The number of aromatic nitrogens is 1. The number of anilines is 1.